The van der Waals surface area contributed by atoms with E-state index < -0.39 is 0 Å². The van der Waals surface area contributed by atoms with Gasteiger partial charge in [-0.1, -0.05) is 59.7 Å². The van der Waals surface area contributed by atoms with E-state index in [0.29, 0.717) is 12.7 Å². The Morgan fingerprint density at radius 1 is 0.889 bits per heavy atom. The number of carbonyl (C=O) groups is 1. The van der Waals surface area contributed by atoms with Crippen LogP contribution in [0.15, 0.2) is 36.4 Å². The smallest absolute Gasteiger partial charge is 0.309 e. The van der Waals surface area contributed by atoms with E-state index in [2.05, 4.69) is 55.1 Å². The molecule has 1 saturated carbocycles. The molecule has 0 unspecified atom stereocenters. The van der Waals surface area contributed by atoms with Gasteiger partial charge in [-0.3, -0.25) is 9.69 Å². The average Bonchev–Trinajstić information content (AvgIpc) is 2.92. The molecule has 0 bridgehead atoms. The summed E-state index contributed by atoms with van der Waals surface area (Å²) >= 11 is 0. The number of carbonyl (C=O) groups excluding carboxylic acids is 1. The summed E-state index contributed by atoms with van der Waals surface area (Å²) in [4.78, 5) is 14.4. The molecule has 0 N–H and O–H groups in total. The quantitative estimate of drug-likeness (QED) is 0.361. The van der Waals surface area contributed by atoms with Gasteiger partial charge in [-0.15, -0.1) is 0 Å². The number of hydrogen-bond donors (Lipinski definition) is 0. The highest BCUT2D eigenvalue weighted by molar-refractivity contribution is 5.84. The highest BCUT2D eigenvalue weighted by Crippen LogP contribution is 2.33. The lowest BCUT2D eigenvalue weighted by Gasteiger charge is -2.31. The monoisotopic (exact) mass is 497 g/mol. The van der Waals surface area contributed by atoms with Gasteiger partial charge < -0.3 is 9.47 Å². The Morgan fingerprint density at radius 3 is 2.11 bits per heavy atom. The minimum atomic E-state index is -0.0242. The molecule has 2 aromatic carbocycles. The van der Waals surface area contributed by atoms with Crippen LogP contribution in [0.4, 0.5) is 0 Å². The second kappa shape index (κ2) is 15.9. The normalized spacial score (nSPS) is 20.7. The second-order valence-electron chi connectivity index (χ2n) is 10.0. The zero-order valence-corrected chi connectivity index (χ0v) is 24.0. The summed E-state index contributed by atoms with van der Waals surface area (Å²) in [6, 6.07) is 13.3. The minimum absolute atomic E-state index is 0.0242. The van der Waals surface area contributed by atoms with E-state index in [4.69, 9.17) is 9.47 Å². The second-order valence-corrected chi connectivity index (χ2v) is 10.0. The molecule has 36 heavy (non-hydrogen) atoms. The maximum absolute atomic E-state index is 12.0. The van der Waals surface area contributed by atoms with Gasteiger partial charge in [0.25, 0.3) is 0 Å². The number of piperidine rings is 1. The zero-order chi connectivity index (χ0) is 26.5. The first-order valence-corrected chi connectivity index (χ1v) is 14.6. The maximum Gasteiger partial charge on any atom is 0.309 e. The lowest BCUT2D eigenvalue weighted by Crippen LogP contribution is -2.36. The highest BCUT2D eigenvalue weighted by atomic mass is 16.5. The Hall–Kier alpha value is -2.07. The lowest BCUT2D eigenvalue weighted by molar-refractivity contribution is -0.149. The summed E-state index contributed by atoms with van der Waals surface area (Å²) in [6.45, 7) is 17.9. The number of benzene rings is 2. The minimum Gasteiger partial charge on any atom is -0.490 e. The summed E-state index contributed by atoms with van der Waals surface area (Å²) in [6.07, 6.45) is 7.07. The van der Waals surface area contributed by atoms with E-state index in [1.165, 1.54) is 42.0 Å². The van der Waals surface area contributed by atoms with Crippen molar-refractivity contribution in [3.8, 4) is 5.75 Å². The van der Waals surface area contributed by atoms with Gasteiger partial charge in [0.15, 0.2) is 0 Å². The number of hydrogen-bond acceptors (Lipinski definition) is 4. The molecular formula is C32H51NO3. The van der Waals surface area contributed by atoms with Crippen LogP contribution in [0.1, 0.15) is 92.6 Å². The summed E-state index contributed by atoms with van der Waals surface area (Å²) in [5, 5.41) is 2.50. The van der Waals surface area contributed by atoms with Gasteiger partial charge in [0.2, 0.25) is 0 Å². The van der Waals surface area contributed by atoms with Crippen LogP contribution < -0.4 is 4.74 Å². The third kappa shape index (κ3) is 8.80. The summed E-state index contributed by atoms with van der Waals surface area (Å²) in [5.74, 6) is 2.69. The Balaban J connectivity index is 0.00000109. The Kier molecular flexibility index (Phi) is 13.3. The predicted octanol–water partition coefficient (Wildman–Crippen LogP) is 8.26. The molecule has 0 aromatic heterocycles. The molecule has 2 aliphatic rings. The molecule has 0 radical (unpaired) electrons. The molecule has 1 saturated heterocycles. The molecular weight excluding hydrogens is 446 g/mol. The number of ether oxygens (including phenoxy) is 2. The topological polar surface area (TPSA) is 38.8 Å². The van der Waals surface area contributed by atoms with Crippen molar-refractivity contribution >= 4 is 16.7 Å². The van der Waals surface area contributed by atoms with Crippen molar-refractivity contribution < 1.29 is 14.3 Å². The van der Waals surface area contributed by atoms with Crippen LogP contribution in [0.2, 0.25) is 0 Å². The molecule has 0 atom stereocenters. The van der Waals surface area contributed by atoms with E-state index in [-0.39, 0.29) is 11.9 Å². The van der Waals surface area contributed by atoms with Crippen LogP contribution in [0.5, 0.6) is 5.75 Å². The number of esters is 1. The number of nitrogens with zero attached hydrogens (tertiary/aromatic N) is 1. The van der Waals surface area contributed by atoms with Gasteiger partial charge in [0.05, 0.1) is 18.6 Å². The van der Waals surface area contributed by atoms with Crippen LogP contribution in [0, 0.1) is 17.8 Å². The van der Waals surface area contributed by atoms with Gasteiger partial charge >= 0.3 is 5.97 Å². The number of fused-ring (bicyclic) bond motifs is 1. The van der Waals surface area contributed by atoms with Crippen LogP contribution in [-0.2, 0) is 16.1 Å². The van der Waals surface area contributed by atoms with Crippen LogP contribution >= 0.6 is 0 Å². The molecule has 2 aromatic rings. The lowest BCUT2D eigenvalue weighted by atomic mass is 9.80. The zero-order valence-electron chi connectivity index (χ0n) is 24.0. The molecule has 4 rings (SSSR count). The van der Waals surface area contributed by atoms with E-state index >= 15 is 0 Å². The molecule has 0 amide bonds. The Labute approximate surface area is 220 Å². The summed E-state index contributed by atoms with van der Waals surface area (Å²) in [7, 11) is 0. The standard InChI is InChI=1S/C28H39NO3.2C2H6/c1-4-31-28(30)23-13-15-29(16-14-23)19-21-5-6-25-18-27(12-9-24(25)17-21)32-26-10-7-22(8-11-26)20(2)3;2*1-2/h5-6,9,12,17-18,20,22-23,26H,4,7-8,10-11,13-16,19H2,1-3H3;2*1-2H3. The first kappa shape index (κ1) is 30.2. The van der Waals surface area contributed by atoms with Gasteiger partial charge in [-0.05, 0) is 105 Å². The van der Waals surface area contributed by atoms with Gasteiger partial charge in [-0.2, -0.15) is 0 Å². The Bertz CT molecular complexity index is 893. The fraction of sp³-hybridized carbons (Fsp3) is 0.656. The molecule has 4 nitrogen and oxygen atoms in total. The van der Waals surface area contributed by atoms with Crippen LogP contribution in [0.25, 0.3) is 10.8 Å². The van der Waals surface area contributed by atoms with E-state index in [0.717, 1.165) is 50.1 Å². The van der Waals surface area contributed by atoms with E-state index in [9.17, 15) is 4.79 Å². The van der Waals surface area contributed by atoms with Crippen molar-refractivity contribution in [3.05, 3.63) is 42.0 Å². The highest BCUT2D eigenvalue weighted by Gasteiger charge is 2.26. The summed E-state index contributed by atoms with van der Waals surface area (Å²) in [5.41, 5.74) is 1.33. The molecule has 1 heterocycles. The third-order valence-electron chi connectivity index (χ3n) is 7.45. The van der Waals surface area contributed by atoms with Crippen LogP contribution in [0.3, 0.4) is 0 Å². The largest absolute Gasteiger partial charge is 0.490 e. The van der Waals surface area contributed by atoms with Crippen molar-refractivity contribution in [2.24, 2.45) is 17.8 Å². The molecule has 1 aliphatic heterocycles. The molecule has 0 spiro atoms. The molecule has 1 aliphatic carbocycles. The number of likely N-dealkylation sites (tertiary alicyclic amines) is 1. The van der Waals surface area contributed by atoms with Crippen molar-refractivity contribution in [2.75, 3.05) is 19.7 Å². The third-order valence-corrected chi connectivity index (χ3v) is 7.45. The van der Waals surface area contributed by atoms with Gasteiger partial charge in [-0.25, -0.2) is 0 Å². The SMILES string of the molecule is CC.CC.CCOC(=O)C1CCN(Cc2ccc3cc(OC4CCC(C(C)C)CC4)ccc3c2)CC1. The van der Waals surface area contributed by atoms with Crippen molar-refractivity contribution in [1.29, 1.82) is 0 Å². The van der Waals surface area contributed by atoms with Gasteiger partial charge in [0.1, 0.15) is 5.75 Å². The average molecular weight is 498 g/mol. The fourth-order valence-corrected chi connectivity index (χ4v) is 5.36. The van der Waals surface area contributed by atoms with Crippen molar-refractivity contribution in [3.63, 3.8) is 0 Å². The van der Waals surface area contributed by atoms with Crippen molar-refractivity contribution in [2.45, 2.75) is 99.6 Å². The van der Waals surface area contributed by atoms with Gasteiger partial charge in [0, 0.05) is 6.54 Å². The first-order valence-electron chi connectivity index (χ1n) is 14.6. The number of rotatable bonds is 7. The predicted molar refractivity (Wildman–Crippen MR) is 152 cm³/mol. The van der Waals surface area contributed by atoms with E-state index in [1.807, 2.05) is 34.6 Å². The molecule has 2 fully saturated rings. The molecule has 202 valence electrons. The first-order chi connectivity index (χ1) is 17.5. The van der Waals surface area contributed by atoms with E-state index in [1.54, 1.807) is 0 Å². The summed E-state index contributed by atoms with van der Waals surface area (Å²) < 4.78 is 11.5. The molecule has 4 heteroatoms. The Morgan fingerprint density at radius 2 is 1.50 bits per heavy atom. The van der Waals surface area contributed by atoms with Crippen LogP contribution in [-0.4, -0.2) is 36.7 Å². The maximum atomic E-state index is 12.0. The fourth-order valence-electron chi connectivity index (χ4n) is 5.36. The van der Waals surface area contributed by atoms with Crippen molar-refractivity contribution in [1.82, 2.24) is 4.90 Å².